The Kier molecular flexibility index (Phi) is 48.3. The van der Waals surface area contributed by atoms with Gasteiger partial charge in [-0.1, -0.05) is 208 Å². The van der Waals surface area contributed by atoms with Crippen molar-refractivity contribution in [2.24, 2.45) is 0 Å². The van der Waals surface area contributed by atoms with E-state index in [0.29, 0.717) is 24.1 Å². The molecule has 1 N–H and O–H groups in total. The Morgan fingerprint density at radius 3 is 1.31 bits per heavy atom. The summed E-state index contributed by atoms with van der Waals surface area (Å²) >= 11 is 0. The van der Waals surface area contributed by atoms with Crippen LogP contribution in [0.5, 0.6) is 0 Å². The molecule has 0 aliphatic carbocycles. The van der Waals surface area contributed by atoms with Crippen LogP contribution in [0.25, 0.3) is 0 Å². The van der Waals surface area contributed by atoms with E-state index >= 15 is 0 Å². The van der Waals surface area contributed by atoms with Gasteiger partial charge in [0.1, 0.15) is 19.3 Å². The summed E-state index contributed by atoms with van der Waals surface area (Å²) in [6.07, 6.45) is 67.9. The van der Waals surface area contributed by atoms with Crippen LogP contribution in [0.15, 0.2) is 85.1 Å². The van der Waals surface area contributed by atoms with Crippen molar-refractivity contribution in [3.8, 4) is 0 Å². The van der Waals surface area contributed by atoms with Crippen molar-refractivity contribution in [3.05, 3.63) is 85.1 Å². The summed E-state index contributed by atoms with van der Waals surface area (Å²) < 4.78 is 35.2. The minimum atomic E-state index is -4.30. The lowest BCUT2D eigenvalue weighted by atomic mass is 10.0. The highest BCUT2D eigenvalue weighted by atomic mass is 31.2. The lowest BCUT2D eigenvalue weighted by molar-refractivity contribution is -0.870. The maximum Gasteiger partial charge on any atom is 0.472 e. The van der Waals surface area contributed by atoms with Crippen LogP contribution in [0, 0.1) is 0 Å². The second-order valence-electron chi connectivity index (χ2n) is 19.2. The van der Waals surface area contributed by atoms with Gasteiger partial charge in [-0.3, -0.25) is 13.8 Å². The van der Waals surface area contributed by atoms with Gasteiger partial charge in [-0.05, 0) is 89.9 Å². The predicted molar refractivity (Wildman–Crippen MR) is 288 cm³/mol. The second-order valence-corrected chi connectivity index (χ2v) is 20.7. The van der Waals surface area contributed by atoms with Gasteiger partial charge in [-0.2, -0.15) is 0 Å². The highest BCUT2D eigenvalue weighted by Gasteiger charge is 2.26. The molecule has 388 valence electrons. The first kappa shape index (κ1) is 64.7. The van der Waals surface area contributed by atoms with E-state index in [1.807, 2.05) is 21.1 Å². The molecule has 0 fully saturated rings. The van der Waals surface area contributed by atoms with Crippen molar-refractivity contribution in [2.75, 3.05) is 54.1 Å². The molecule has 0 bridgehead atoms. The standard InChI is InChI=1S/C58H104NO7P/c1-6-8-10-12-14-16-18-20-22-24-26-28-30-31-33-35-37-39-41-43-45-47-49-51-58(60)66-57(56-65-67(61,62)64-54-52-59(3,4)5)55-63-53-50-48-46-44-42-40-38-36-34-32-29-27-25-23-21-19-17-15-13-11-9-7-2/h9,11,15,17,21,23-24,26-27,29,34,36,40,42,57H,6-8,10,12-14,16,18-20,22,25,28,30-33,35,37-39,41,43-56H2,1-5H3/p+1/b11-9-,17-15-,23-21-,26-24-,29-27-,36-34-,42-40-. The molecule has 67 heavy (non-hydrogen) atoms. The highest BCUT2D eigenvalue weighted by molar-refractivity contribution is 7.47. The Labute approximate surface area is 414 Å². The molecule has 0 spiro atoms. The summed E-state index contributed by atoms with van der Waals surface area (Å²) in [5, 5.41) is 0. The molecule has 9 heteroatoms. The first-order valence-corrected chi connectivity index (χ1v) is 28.8. The molecule has 0 aromatic heterocycles. The molecule has 0 aliphatic heterocycles. The molecule has 2 atom stereocenters. The summed E-state index contributed by atoms with van der Waals surface area (Å²) in [5.41, 5.74) is 0. The van der Waals surface area contributed by atoms with Crippen molar-refractivity contribution in [1.29, 1.82) is 0 Å². The van der Waals surface area contributed by atoms with Crippen molar-refractivity contribution in [3.63, 3.8) is 0 Å². The lowest BCUT2D eigenvalue weighted by Gasteiger charge is -2.24. The van der Waals surface area contributed by atoms with E-state index in [0.717, 1.165) is 83.5 Å². The Hall–Kier alpha value is -2.32. The van der Waals surface area contributed by atoms with Crippen LogP contribution in [-0.2, 0) is 27.9 Å². The Morgan fingerprint density at radius 1 is 0.478 bits per heavy atom. The predicted octanol–water partition coefficient (Wildman–Crippen LogP) is 17.2. The number of phosphoric acid groups is 1. The fraction of sp³-hybridized carbons (Fsp3) is 0.741. The van der Waals surface area contributed by atoms with Gasteiger partial charge in [0, 0.05) is 13.0 Å². The summed E-state index contributed by atoms with van der Waals surface area (Å²) in [6.45, 7) is 5.43. The summed E-state index contributed by atoms with van der Waals surface area (Å²) in [5.74, 6) is -0.328. The second kappa shape index (κ2) is 50.1. The van der Waals surface area contributed by atoms with Crippen LogP contribution in [0.3, 0.4) is 0 Å². The van der Waals surface area contributed by atoms with E-state index in [9.17, 15) is 14.3 Å². The van der Waals surface area contributed by atoms with Gasteiger partial charge in [0.15, 0.2) is 0 Å². The van der Waals surface area contributed by atoms with E-state index in [1.165, 1.54) is 116 Å². The summed E-state index contributed by atoms with van der Waals surface area (Å²) in [7, 11) is 1.64. The fourth-order valence-electron chi connectivity index (χ4n) is 7.26. The number of phosphoric ester groups is 1. The molecular formula is C58H105NO7P+. The topological polar surface area (TPSA) is 91.3 Å². The van der Waals surface area contributed by atoms with Gasteiger partial charge in [0.2, 0.25) is 0 Å². The number of nitrogens with zero attached hydrogens (tertiary/aromatic N) is 1. The zero-order valence-corrected chi connectivity index (χ0v) is 45.0. The third-order valence-corrected chi connectivity index (χ3v) is 12.4. The van der Waals surface area contributed by atoms with Gasteiger partial charge in [0.05, 0.1) is 34.4 Å². The van der Waals surface area contributed by atoms with Gasteiger partial charge < -0.3 is 18.9 Å². The minimum Gasteiger partial charge on any atom is -0.457 e. The maximum atomic E-state index is 12.8. The number of rotatable bonds is 50. The summed E-state index contributed by atoms with van der Waals surface area (Å²) in [6, 6.07) is 0. The van der Waals surface area contributed by atoms with Crippen LogP contribution >= 0.6 is 7.82 Å². The minimum absolute atomic E-state index is 0.0777. The largest absolute Gasteiger partial charge is 0.472 e. The van der Waals surface area contributed by atoms with Gasteiger partial charge in [0.25, 0.3) is 0 Å². The molecule has 0 saturated carbocycles. The van der Waals surface area contributed by atoms with Crippen LogP contribution in [-0.4, -0.2) is 75.6 Å². The molecule has 0 aromatic rings. The quantitative estimate of drug-likeness (QED) is 0.0213. The smallest absolute Gasteiger partial charge is 0.457 e. The van der Waals surface area contributed by atoms with Crippen LogP contribution in [0.4, 0.5) is 0 Å². The third kappa shape index (κ3) is 54.5. The van der Waals surface area contributed by atoms with Crippen molar-refractivity contribution in [1.82, 2.24) is 0 Å². The maximum absolute atomic E-state index is 12.8. The zero-order valence-electron chi connectivity index (χ0n) is 44.1. The van der Waals surface area contributed by atoms with Crippen molar-refractivity contribution in [2.45, 2.75) is 225 Å². The molecule has 0 heterocycles. The molecule has 0 saturated heterocycles. The number of ether oxygens (including phenoxy) is 2. The first-order chi connectivity index (χ1) is 32.6. The molecule has 8 nitrogen and oxygen atoms in total. The monoisotopic (exact) mass is 959 g/mol. The SMILES string of the molecule is CC/C=C\C/C=C\C/C=C\C/C=C\C/C=C\C/C=C\CCCCCOCC(COP(=O)(O)OCC[N+](C)(C)C)OC(=O)CCCCCCCCCCCCC/C=C\CCCCCCCCCC. The van der Waals surface area contributed by atoms with E-state index < -0.39 is 13.9 Å². The van der Waals surface area contributed by atoms with E-state index in [2.05, 4.69) is 98.9 Å². The lowest BCUT2D eigenvalue weighted by Crippen LogP contribution is -2.37. The number of carbonyl (C=O) groups excluding carboxylic acids is 1. The molecule has 2 unspecified atom stereocenters. The average Bonchev–Trinajstić information content (AvgIpc) is 3.29. The van der Waals surface area contributed by atoms with Crippen molar-refractivity contribution >= 4 is 13.8 Å². The molecule has 0 aliphatic rings. The average molecular weight is 959 g/mol. The van der Waals surface area contributed by atoms with Crippen LogP contribution < -0.4 is 0 Å². The number of hydrogen-bond donors (Lipinski definition) is 1. The normalized spacial score (nSPS) is 14.2. The van der Waals surface area contributed by atoms with Crippen LogP contribution in [0.1, 0.15) is 219 Å². The number of allylic oxidation sites excluding steroid dienone is 14. The number of quaternary nitrogens is 1. The number of carbonyl (C=O) groups is 1. The number of unbranched alkanes of at least 4 members (excludes halogenated alkanes) is 22. The first-order valence-electron chi connectivity index (χ1n) is 27.3. The highest BCUT2D eigenvalue weighted by Crippen LogP contribution is 2.43. The number of hydrogen-bond acceptors (Lipinski definition) is 6. The Bertz CT molecular complexity index is 1340. The molecule has 0 rings (SSSR count). The zero-order chi connectivity index (χ0) is 49.0. The molecule has 0 aromatic carbocycles. The van der Waals surface area contributed by atoms with Gasteiger partial charge >= 0.3 is 13.8 Å². The molecular weight excluding hydrogens is 854 g/mol. The van der Waals surface area contributed by atoms with E-state index in [-0.39, 0.29) is 25.8 Å². The number of likely N-dealkylation sites (N-methyl/N-ethyl adjacent to an activating group) is 1. The van der Waals surface area contributed by atoms with Crippen molar-refractivity contribution < 1.29 is 37.3 Å². The Morgan fingerprint density at radius 2 is 0.866 bits per heavy atom. The van der Waals surface area contributed by atoms with Gasteiger partial charge in [-0.15, -0.1) is 0 Å². The van der Waals surface area contributed by atoms with E-state index in [4.69, 9.17) is 18.5 Å². The van der Waals surface area contributed by atoms with E-state index in [1.54, 1.807) is 0 Å². The third-order valence-electron chi connectivity index (χ3n) is 11.4. The Balaban J connectivity index is 4.19. The molecule has 0 radical (unpaired) electrons. The van der Waals surface area contributed by atoms with Crippen LogP contribution in [0.2, 0.25) is 0 Å². The molecule has 0 amide bonds. The number of esters is 1. The fourth-order valence-corrected chi connectivity index (χ4v) is 8.00. The summed E-state index contributed by atoms with van der Waals surface area (Å²) in [4.78, 5) is 23.1. The van der Waals surface area contributed by atoms with Gasteiger partial charge in [-0.25, -0.2) is 4.57 Å².